The lowest BCUT2D eigenvalue weighted by atomic mass is 9.81. The Kier molecular flexibility index (Phi) is 8.03. The van der Waals surface area contributed by atoms with Gasteiger partial charge in [-0.15, -0.1) is 0 Å². The van der Waals surface area contributed by atoms with E-state index in [1.165, 1.54) is 11.1 Å². The number of benzene rings is 3. The van der Waals surface area contributed by atoms with Crippen LogP contribution in [0.4, 0.5) is 11.4 Å². The van der Waals surface area contributed by atoms with Gasteiger partial charge in [-0.05, 0) is 97.7 Å². The van der Waals surface area contributed by atoms with Crippen LogP contribution in [0.25, 0.3) is 0 Å². The zero-order valence-electron chi connectivity index (χ0n) is 22.6. The summed E-state index contributed by atoms with van der Waals surface area (Å²) in [7, 11) is 4.08. The lowest BCUT2D eigenvalue weighted by Gasteiger charge is -2.32. The van der Waals surface area contributed by atoms with E-state index >= 15 is 0 Å². The van der Waals surface area contributed by atoms with Gasteiger partial charge in [-0.3, -0.25) is 4.79 Å². The molecule has 3 aromatic carbocycles. The lowest BCUT2D eigenvalue weighted by Crippen LogP contribution is -2.36. The van der Waals surface area contributed by atoms with Crippen LogP contribution in [-0.2, 0) is 17.8 Å². The normalized spacial score (nSPS) is 15.1. The summed E-state index contributed by atoms with van der Waals surface area (Å²) in [5.74, 6) is 1.28. The highest BCUT2D eigenvalue weighted by Crippen LogP contribution is 2.37. The van der Waals surface area contributed by atoms with Crippen molar-refractivity contribution in [3.8, 4) is 5.75 Å². The second-order valence-corrected chi connectivity index (χ2v) is 10.7. The van der Waals surface area contributed by atoms with Crippen molar-refractivity contribution < 1.29 is 9.53 Å². The molecular weight excluding hydrogens is 444 g/mol. The van der Waals surface area contributed by atoms with Crippen LogP contribution in [0.5, 0.6) is 5.75 Å². The van der Waals surface area contributed by atoms with Gasteiger partial charge in [-0.1, -0.05) is 44.2 Å². The molecule has 0 radical (unpaired) electrons. The summed E-state index contributed by atoms with van der Waals surface area (Å²) in [6.07, 6.45) is 2.99. The van der Waals surface area contributed by atoms with Crippen LogP contribution < -0.4 is 14.5 Å². The van der Waals surface area contributed by atoms with Gasteiger partial charge in [0.1, 0.15) is 5.75 Å². The first-order valence-corrected chi connectivity index (χ1v) is 13.2. The third-order valence-electron chi connectivity index (χ3n) is 7.03. The van der Waals surface area contributed by atoms with E-state index in [1.807, 2.05) is 38.9 Å². The fourth-order valence-corrected chi connectivity index (χ4v) is 4.98. The molecule has 1 atom stereocenters. The van der Waals surface area contributed by atoms with Gasteiger partial charge in [-0.2, -0.15) is 0 Å². The van der Waals surface area contributed by atoms with E-state index in [4.69, 9.17) is 4.74 Å². The summed E-state index contributed by atoms with van der Waals surface area (Å²) < 4.78 is 5.99. The zero-order chi connectivity index (χ0) is 25.8. The van der Waals surface area contributed by atoms with Crippen molar-refractivity contribution in [3.63, 3.8) is 0 Å². The monoisotopic (exact) mass is 484 g/mol. The third kappa shape index (κ3) is 5.92. The Labute approximate surface area is 216 Å². The average molecular weight is 485 g/mol. The fourth-order valence-electron chi connectivity index (χ4n) is 4.98. The van der Waals surface area contributed by atoms with Crippen molar-refractivity contribution in [2.75, 3.05) is 23.9 Å². The Morgan fingerprint density at radius 2 is 1.58 bits per heavy atom. The Hall–Kier alpha value is -3.27. The smallest absolute Gasteiger partial charge is 0.234 e. The number of rotatable bonds is 8. The Bertz CT molecular complexity index is 1160. The molecule has 0 saturated carbocycles. The second kappa shape index (κ2) is 11.2. The standard InChI is InChI=1S/C32H40N2O2/c1-22(2)25-12-17-28(18-13-25)34(21-24-10-15-27(16-11-24)33(5)6)32(35)30-9-7-8-26-14-19-29(20-31(26)30)36-23(3)4/h10-20,22-23,30H,7-9,21H2,1-6H3. The first-order chi connectivity index (χ1) is 17.2. The molecule has 1 amide bonds. The van der Waals surface area contributed by atoms with Crippen molar-refractivity contribution in [3.05, 3.63) is 89.0 Å². The van der Waals surface area contributed by atoms with Crippen LogP contribution in [0.2, 0.25) is 0 Å². The van der Waals surface area contributed by atoms with Gasteiger partial charge in [0.25, 0.3) is 0 Å². The second-order valence-electron chi connectivity index (χ2n) is 10.7. The molecule has 3 aromatic rings. The Balaban J connectivity index is 1.69. The molecule has 4 rings (SSSR count). The number of ether oxygens (including phenoxy) is 1. The van der Waals surface area contributed by atoms with E-state index < -0.39 is 0 Å². The van der Waals surface area contributed by atoms with Crippen molar-refractivity contribution >= 4 is 17.3 Å². The van der Waals surface area contributed by atoms with Gasteiger partial charge in [-0.25, -0.2) is 0 Å². The molecule has 0 N–H and O–H groups in total. The number of hydrogen-bond acceptors (Lipinski definition) is 3. The summed E-state index contributed by atoms with van der Waals surface area (Å²) in [6, 6.07) is 23.3. The molecule has 0 bridgehead atoms. The first kappa shape index (κ1) is 25.8. The number of aryl methyl sites for hydroxylation is 1. The molecule has 1 aliphatic carbocycles. The quantitative estimate of drug-likeness (QED) is 0.336. The van der Waals surface area contributed by atoms with E-state index in [0.717, 1.165) is 47.5 Å². The van der Waals surface area contributed by atoms with Gasteiger partial charge < -0.3 is 14.5 Å². The predicted octanol–water partition coefficient (Wildman–Crippen LogP) is 7.32. The number of fused-ring (bicyclic) bond motifs is 1. The maximum atomic E-state index is 14.3. The predicted molar refractivity (Wildman–Crippen MR) is 150 cm³/mol. The molecule has 4 heteroatoms. The van der Waals surface area contributed by atoms with Gasteiger partial charge in [0.05, 0.1) is 18.6 Å². The molecular formula is C32H40N2O2. The topological polar surface area (TPSA) is 32.8 Å². The summed E-state index contributed by atoms with van der Waals surface area (Å²) >= 11 is 0. The fraction of sp³-hybridized carbons (Fsp3) is 0.406. The molecule has 0 saturated heterocycles. The molecule has 36 heavy (non-hydrogen) atoms. The Morgan fingerprint density at radius 3 is 2.19 bits per heavy atom. The molecule has 190 valence electrons. The van der Waals surface area contributed by atoms with E-state index in [0.29, 0.717) is 12.5 Å². The molecule has 0 heterocycles. The summed E-state index contributed by atoms with van der Waals surface area (Å²) in [5, 5.41) is 0. The van der Waals surface area contributed by atoms with Crippen LogP contribution in [0.1, 0.15) is 74.6 Å². The minimum Gasteiger partial charge on any atom is -0.491 e. The highest BCUT2D eigenvalue weighted by atomic mass is 16.5. The van der Waals surface area contributed by atoms with Crippen LogP contribution in [0.3, 0.4) is 0 Å². The van der Waals surface area contributed by atoms with Crippen LogP contribution in [0.15, 0.2) is 66.7 Å². The summed E-state index contributed by atoms with van der Waals surface area (Å²) in [5.41, 5.74) is 6.88. The number of carbonyl (C=O) groups excluding carboxylic acids is 1. The minimum atomic E-state index is -0.171. The first-order valence-electron chi connectivity index (χ1n) is 13.2. The van der Waals surface area contributed by atoms with E-state index in [9.17, 15) is 4.79 Å². The van der Waals surface area contributed by atoms with Crippen LogP contribution >= 0.6 is 0 Å². The summed E-state index contributed by atoms with van der Waals surface area (Å²) in [4.78, 5) is 18.3. The van der Waals surface area contributed by atoms with Gasteiger partial charge >= 0.3 is 0 Å². The van der Waals surface area contributed by atoms with Gasteiger partial charge in [0.2, 0.25) is 5.91 Å². The minimum absolute atomic E-state index is 0.0990. The number of anilines is 2. The number of carbonyl (C=O) groups is 1. The molecule has 4 nitrogen and oxygen atoms in total. The Morgan fingerprint density at radius 1 is 0.917 bits per heavy atom. The van der Waals surface area contributed by atoms with Gasteiger partial charge in [0, 0.05) is 25.5 Å². The maximum Gasteiger partial charge on any atom is 0.234 e. The third-order valence-corrected chi connectivity index (χ3v) is 7.03. The van der Waals surface area contributed by atoms with Crippen LogP contribution in [0, 0.1) is 0 Å². The molecule has 0 aromatic heterocycles. The molecule has 1 aliphatic rings. The molecule has 0 spiro atoms. The van der Waals surface area contributed by atoms with E-state index in [-0.39, 0.29) is 17.9 Å². The van der Waals surface area contributed by atoms with Crippen molar-refractivity contribution in [2.24, 2.45) is 0 Å². The molecule has 0 fully saturated rings. The SMILES string of the molecule is CC(C)Oc1ccc2c(c1)C(C(=O)N(Cc1ccc(N(C)C)cc1)c1ccc(C(C)C)cc1)CCC2. The van der Waals surface area contributed by atoms with Gasteiger partial charge in [0.15, 0.2) is 0 Å². The summed E-state index contributed by atoms with van der Waals surface area (Å²) in [6.45, 7) is 9.00. The van der Waals surface area contributed by atoms with Crippen LogP contribution in [-0.4, -0.2) is 26.1 Å². The largest absolute Gasteiger partial charge is 0.491 e. The van der Waals surface area contributed by atoms with Crippen molar-refractivity contribution in [1.82, 2.24) is 0 Å². The van der Waals surface area contributed by atoms with E-state index in [1.54, 1.807) is 0 Å². The lowest BCUT2D eigenvalue weighted by molar-refractivity contribution is -0.120. The molecule has 1 unspecified atom stereocenters. The number of hydrogen-bond donors (Lipinski definition) is 0. The van der Waals surface area contributed by atoms with E-state index in [2.05, 4.69) is 79.4 Å². The zero-order valence-corrected chi connectivity index (χ0v) is 22.6. The maximum absolute atomic E-state index is 14.3. The number of nitrogens with zero attached hydrogens (tertiary/aromatic N) is 2. The highest BCUT2D eigenvalue weighted by Gasteiger charge is 2.31. The highest BCUT2D eigenvalue weighted by molar-refractivity contribution is 5.98. The number of amides is 1. The van der Waals surface area contributed by atoms with Crippen molar-refractivity contribution in [2.45, 2.75) is 71.4 Å². The average Bonchev–Trinajstić information content (AvgIpc) is 2.86. The molecule has 0 aliphatic heterocycles. The van der Waals surface area contributed by atoms with Crippen molar-refractivity contribution in [1.29, 1.82) is 0 Å².